The molecule has 20 heavy (non-hydrogen) atoms. The maximum absolute atomic E-state index is 12.6. The molecule has 9 heteroatoms. The second kappa shape index (κ2) is 5.45. The van der Waals surface area contributed by atoms with Gasteiger partial charge in [0.05, 0.1) is 5.02 Å². The number of benzene rings is 1. The number of halogens is 5. The van der Waals surface area contributed by atoms with Gasteiger partial charge in [0.1, 0.15) is 11.6 Å². The zero-order valence-corrected chi connectivity index (χ0v) is 11.9. The monoisotopic (exact) mass is 367 g/mol. The fourth-order valence-corrected chi connectivity index (χ4v) is 1.79. The molecule has 0 saturated heterocycles. The molecule has 0 saturated carbocycles. The van der Waals surface area contributed by atoms with Gasteiger partial charge in [-0.15, -0.1) is 0 Å². The van der Waals surface area contributed by atoms with Crippen LogP contribution < -0.4 is 10.5 Å². The molecule has 0 atom stereocenters. The lowest BCUT2D eigenvalue weighted by Gasteiger charge is -2.10. The minimum atomic E-state index is -4.71. The van der Waals surface area contributed by atoms with Crippen molar-refractivity contribution in [1.29, 1.82) is 0 Å². The summed E-state index contributed by atoms with van der Waals surface area (Å²) in [6.45, 7) is 0. The normalized spacial score (nSPS) is 11.4. The fourth-order valence-electron chi connectivity index (χ4n) is 1.29. The van der Waals surface area contributed by atoms with Crippen molar-refractivity contribution in [1.82, 2.24) is 9.97 Å². The largest absolute Gasteiger partial charge is 0.451 e. The van der Waals surface area contributed by atoms with Gasteiger partial charge >= 0.3 is 6.18 Å². The zero-order valence-electron chi connectivity index (χ0n) is 9.58. The molecule has 0 aliphatic heterocycles. The van der Waals surface area contributed by atoms with Crippen LogP contribution in [-0.4, -0.2) is 9.97 Å². The van der Waals surface area contributed by atoms with Crippen LogP contribution in [0, 0.1) is 0 Å². The number of rotatable bonds is 2. The number of nitrogens with zero attached hydrogens (tertiary/aromatic N) is 2. The number of hydrogen-bond donors (Lipinski definition) is 1. The average molecular weight is 369 g/mol. The van der Waals surface area contributed by atoms with Gasteiger partial charge < -0.3 is 10.5 Å². The SMILES string of the molecule is Nc1cc(Oc2cc(Br)ccc2Cl)nc(C(F)(F)F)n1. The minimum absolute atomic E-state index is 0.146. The van der Waals surface area contributed by atoms with Gasteiger partial charge in [0, 0.05) is 10.5 Å². The van der Waals surface area contributed by atoms with Crippen molar-refractivity contribution in [3.63, 3.8) is 0 Å². The van der Waals surface area contributed by atoms with E-state index in [0.29, 0.717) is 4.47 Å². The van der Waals surface area contributed by atoms with Gasteiger partial charge in [-0.25, -0.2) is 4.98 Å². The van der Waals surface area contributed by atoms with Crippen molar-refractivity contribution in [3.8, 4) is 11.6 Å². The lowest BCUT2D eigenvalue weighted by Crippen LogP contribution is -2.12. The second-order valence-corrected chi connectivity index (χ2v) is 4.95. The Balaban J connectivity index is 2.39. The third-order valence-corrected chi connectivity index (χ3v) is 2.89. The molecule has 2 aromatic rings. The molecule has 0 radical (unpaired) electrons. The van der Waals surface area contributed by atoms with E-state index in [1.54, 1.807) is 6.07 Å². The molecule has 106 valence electrons. The van der Waals surface area contributed by atoms with Gasteiger partial charge in [0.15, 0.2) is 0 Å². The van der Waals surface area contributed by atoms with Crippen molar-refractivity contribution in [2.45, 2.75) is 6.18 Å². The molecule has 0 bridgehead atoms. The second-order valence-electron chi connectivity index (χ2n) is 3.63. The molecule has 1 heterocycles. The molecule has 0 aliphatic carbocycles. The molecule has 1 aromatic carbocycles. The van der Waals surface area contributed by atoms with Crippen LogP contribution in [0.3, 0.4) is 0 Å². The highest BCUT2D eigenvalue weighted by Crippen LogP contribution is 2.33. The average Bonchev–Trinajstić information content (AvgIpc) is 2.32. The first kappa shape index (κ1) is 14.9. The lowest BCUT2D eigenvalue weighted by molar-refractivity contribution is -0.145. The van der Waals surface area contributed by atoms with Crippen LogP contribution in [0.15, 0.2) is 28.7 Å². The first-order valence-corrected chi connectivity index (χ1v) is 6.27. The maximum Gasteiger partial charge on any atom is 0.451 e. The van der Waals surface area contributed by atoms with Crippen LogP contribution in [0.25, 0.3) is 0 Å². The molecule has 2 rings (SSSR count). The topological polar surface area (TPSA) is 61.0 Å². The Morgan fingerprint density at radius 3 is 2.55 bits per heavy atom. The third-order valence-electron chi connectivity index (χ3n) is 2.08. The van der Waals surface area contributed by atoms with E-state index in [-0.39, 0.29) is 22.5 Å². The number of anilines is 1. The van der Waals surface area contributed by atoms with Crippen LogP contribution in [0.5, 0.6) is 11.6 Å². The van der Waals surface area contributed by atoms with E-state index in [1.807, 2.05) is 0 Å². The molecular weight excluding hydrogens is 362 g/mol. The Kier molecular flexibility index (Phi) is 4.05. The van der Waals surface area contributed by atoms with Crippen LogP contribution in [0.4, 0.5) is 19.0 Å². The van der Waals surface area contributed by atoms with Crippen molar-refractivity contribution in [2.75, 3.05) is 5.73 Å². The summed E-state index contributed by atoms with van der Waals surface area (Å²) in [4.78, 5) is 6.36. The van der Waals surface area contributed by atoms with Crippen LogP contribution >= 0.6 is 27.5 Å². The predicted octanol–water partition coefficient (Wildman–Crippen LogP) is 4.29. The first-order valence-electron chi connectivity index (χ1n) is 5.10. The molecule has 1 aromatic heterocycles. The van der Waals surface area contributed by atoms with Gasteiger partial charge in [-0.1, -0.05) is 27.5 Å². The first-order chi connectivity index (χ1) is 9.25. The smallest absolute Gasteiger partial charge is 0.437 e. The number of aromatic nitrogens is 2. The van der Waals surface area contributed by atoms with Gasteiger partial charge in [-0.3, -0.25) is 0 Å². The highest BCUT2D eigenvalue weighted by atomic mass is 79.9. The number of ether oxygens (including phenoxy) is 1. The van der Waals surface area contributed by atoms with Crippen molar-refractivity contribution in [2.24, 2.45) is 0 Å². The van der Waals surface area contributed by atoms with Crippen LogP contribution in [-0.2, 0) is 6.18 Å². The lowest BCUT2D eigenvalue weighted by atomic mass is 10.3. The Labute approximate surface area is 124 Å². The fraction of sp³-hybridized carbons (Fsp3) is 0.0909. The number of alkyl halides is 3. The van der Waals surface area contributed by atoms with E-state index in [2.05, 4.69) is 25.9 Å². The summed E-state index contributed by atoms with van der Waals surface area (Å²) in [5, 5.41) is 0.221. The van der Waals surface area contributed by atoms with E-state index in [0.717, 1.165) is 6.07 Å². The predicted molar refractivity (Wildman–Crippen MR) is 70.7 cm³/mol. The Morgan fingerprint density at radius 1 is 1.20 bits per heavy atom. The third kappa shape index (κ3) is 3.51. The Bertz CT molecular complexity index is 651. The molecule has 0 amide bonds. The molecule has 0 fully saturated rings. The van der Waals surface area contributed by atoms with E-state index in [9.17, 15) is 13.2 Å². The van der Waals surface area contributed by atoms with Crippen LogP contribution in [0.2, 0.25) is 5.02 Å². The number of hydrogen-bond acceptors (Lipinski definition) is 4. The minimum Gasteiger partial charge on any atom is -0.437 e. The Hall–Kier alpha value is -1.54. The van der Waals surface area contributed by atoms with E-state index >= 15 is 0 Å². The number of nitrogen functional groups attached to an aromatic ring is 1. The van der Waals surface area contributed by atoms with Crippen molar-refractivity contribution < 1.29 is 17.9 Å². The van der Waals surface area contributed by atoms with Crippen molar-refractivity contribution >= 4 is 33.3 Å². The molecule has 0 unspecified atom stereocenters. The summed E-state index contributed by atoms with van der Waals surface area (Å²) in [5.74, 6) is -1.93. The highest BCUT2D eigenvalue weighted by molar-refractivity contribution is 9.10. The molecule has 4 nitrogen and oxygen atoms in total. The summed E-state index contributed by atoms with van der Waals surface area (Å²) in [6.07, 6.45) is -4.71. The van der Waals surface area contributed by atoms with Gasteiger partial charge in [-0.05, 0) is 18.2 Å². The molecular formula is C11H6BrClF3N3O. The van der Waals surface area contributed by atoms with E-state index in [1.165, 1.54) is 12.1 Å². The Morgan fingerprint density at radius 2 is 1.90 bits per heavy atom. The summed E-state index contributed by atoms with van der Waals surface area (Å²) in [5.41, 5.74) is 5.30. The summed E-state index contributed by atoms with van der Waals surface area (Å²) in [6, 6.07) is 5.75. The maximum atomic E-state index is 12.6. The zero-order chi connectivity index (χ0) is 14.9. The molecule has 0 spiro atoms. The standard InChI is InChI=1S/C11H6BrClF3N3O/c12-5-1-2-6(13)7(3-5)20-9-4-8(17)18-10(19-9)11(14,15)16/h1-4H,(H2,17,18,19). The summed E-state index contributed by atoms with van der Waals surface area (Å²) >= 11 is 9.07. The summed E-state index contributed by atoms with van der Waals surface area (Å²) in [7, 11) is 0. The van der Waals surface area contributed by atoms with E-state index < -0.39 is 12.0 Å². The highest BCUT2D eigenvalue weighted by Gasteiger charge is 2.35. The van der Waals surface area contributed by atoms with E-state index in [4.69, 9.17) is 22.1 Å². The summed E-state index contributed by atoms with van der Waals surface area (Å²) < 4.78 is 43.5. The van der Waals surface area contributed by atoms with Crippen LogP contribution in [0.1, 0.15) is 5.82 Å². The van der Waals surface area contributed by atoms with Gasteiger partial charge in [0.25, 0.3) is 0 Å². The van der Waals surface area contributed by atoms with Crippen molar-refractivity contribution in [3.05, 3.63) is 39.6 Å². The van der Waals surface area contributed by atoms with Gasteiger partial charge in [-0.2, -0.15) is 18.2 Å². The van der Waals surface area contributed by atoms with Gasteiger partial charge in [0.2, 0.25) is 11.7 Å². The number of nitrogens with two attached hydrogens (primary N) is 1. The molecule has 0 aliphatic rings. The quantitative estimate of drug-likeness (QED) is 0.859. The molecule has 2 N–H and O–H groups in total.